The molecular formula is C16H18O2. The van der Waals surface area contributed by atoms with E-state index in [-0.39, 0.29) is 0 Å². The van der Waals surface area contributed by atoms with E-state index in [1.807, 2.05) is 48.5 Å². The standard InChI is InChI=1S/C14H14O2.C2H4/c1-11-3-5-13(6-4-11)16-14-9-7-12(15-2)8-10-14;1-2/h3-10H,1-2H3;1-2H2. The van der Waals surface area contributed by atoms with Crippen LogP contribution in [0, 0.1) is 6.92 Å². The lowest BCUT2D eigenvalue weighted by Crippen LogP contribution is -1.85. The molecule has 0 unspecified atom stereocenters. The highest BCUT2D eigenvalue weighted by Gasteiger charge is 1.97. The minimum absolute atomic E-state index is 0.810. The highest BCUT2D eigenvalue weighted by Crippen LogP contribution is 2.23. The van der Waals surface area contributed by atoms with Gasteiger partial charge < -0.3 is 9.47 Å². The van der Waals surface area contributed by atoms with Crippen molar-refractivity contribution in [1.82, 2.24) is 0 Å². The maximum absolute atomic E-state index is 5.68. The molecule has 0 aliphatic rings. The Kier molecular flexibility index (Phi) is 5.52. The maximum Gasteiger partial charge on any atom is 0.127 e. The van der Waals surface area contributed by atoms with Gasteiger partial charge in [-0.25, -0.2) is 0 Å². The van der Waals surface area contributed by atoms with Crippen LogP contribution >= 0.6 is 0 Å². The fourth-order valence-electron chi connectivity index (χ4n) is 1.39. The van der Waals surface area contributed by atoms with Gasteiger partial charge in [0.2, 0.25) is 0 Å². The SMILES string of the molecule is C=C.COc1ccc(Oc2ccc(C)cc2)cc1. The number of hydrogen-bond donors (Lipinski definition) is 0. The molecule has 0 heterocycles. The molecule has 2 aromatic carbocycles. The van der Waals surface area contributed by atoms with Gasteiger partial charge in [-0.1, -0.05) is 17.7 Å². The van der Waals surface area contributed by atoms with E-state index in [0.29, 0.717) is 0 Å². The van der Waals surface area contributed by atoms with Crippen LogP contribution in [0.15, 0.2) is 61.7 Å². The van der Waals surface area contributed by atoms with E-state index in [9.17, 15) is 0 Å². The highest BCUT2D eigenvalue weighted by atomic mass is 16.5. The molecule has 18 heavy (non-hydrogen) atoms. The van der Waals surface area contributed by atoms with E-state index in [0.717, 1.165) is 17.2 Å². The van der Waals surface area contributed by atoms with Crippen LogP contribution in [0.2, 0.25) is 0 Å². The minimum Gasteiger partial charge on any atom is -0.497 e. The van der Waals surface area contributed by atoms with Gasteiger partial charge >= 0.3 is 0 Å². The van der Waals surface area contributed by atoms with Crippen LogP contribution in [-0.2, 0) is 0 Å². The molecule has 0 aliphatic carbocycles. The number of benzene rings is 2. The van der Waals surface area contributed by atoms with Crippen molar-refractivity contribution in [2.75, 3.05) is 7.11 Å². The summed E-state index contributed by atoms with van der Waals surface area (Å²) in [5, 5.41) is 0. The molecule has 0 atom stereocenters. The lowest BCUT2D eigenvalue weighted by molar-refractivity contribution is 0.413. The molecule has 0 saturated carbocycles. The maximum atomic E-state index is 5.68. The predicted octanol–water partition coefficient (Wildman–Crippen LogP) is 4.60. The molecule has 2 aromatic rings. The smallest absolute Gasteiger partial charge is 0.127 e. The first-order chi connectivity index (χ1) is 8.78. The van der Waals surface area contributed by atoms with Gasteiger partial charge in [0.25, 0.3) is 0 Å². The van der Waals surface area contributed by atoms with Gasteiger partial charge in [-0.3, -0.25) is 0 Å². The Bertz CT molecular complexity index is 457. The van der Waals surface area contributed by atoms with E-state index in [1.165, 1.54) is 5.56 Å². The van der Waals surface area contributed by atoms with Crippen LogP contribution in [0.25, 0.3) is 0 Å². The van der Waals surface area contributed by atoms with Gasteiger partial charge in [0.05, 0.1) is 7.11 Å². The molecule has 0 aromatic heterocycles. The summed E-state index contributed by atoms with van der Waals surface area (Å²) in [5.41, 5.74) is 1.22. The molecule has 0 N–H and O–H groups in total. The normalized spacial score (nSPS) is 9.00. The van der Waals surface area contributed by atoms with Crippen LogP contribution in [-0.4, -0.2) is 7.11 Å². The Hall–Kier alpha value is -2.22. The van der Waals surface area contributed by atoms with E-state index in [2.05, 4.69) is 20.1 Å². The summed E-state index contributed by atoms with van der Waals surface area (Å²) in [6.07, 6.45) is 0. The molecular weight excluding hydrogens is 224 g/mol. The molecule has 2 nitrogen and oxygen atoms in total. The largest absolute Gasteiger partial charge is 0.497 e. The molecule has 0 spiro atoms. The Labute approximate surface area is 108 Å². The highest BCUT2D eigenvalue weighted by molar-refractivity contribution is 5.36. The summed E-state index contributed by atoms with van der Waals surface area (Å²) >= 11 is 0. The lowest BCUT2D eigenvalue weighted by atomic mass is 10.2. The average Bonchev–Trinajstić information content (AvgIpc) is 2.44. The van der Waals surface area contributed by atoms with Crippen molar-refractivity contribution >= 4 is 0 Å². The summed E-state index contributed by atoms with van der Waals surface area (Å²) in [7, 11) is 1.65. The third-order valence-electron chi connectivity index (χ3n) is 2.32. The van der Waals surface area contributed by atoms with E-state index >= 15 is 0 Å². The van der Waals surface area contributed by atoms with Gasteiger partial charge in [-0.15, -0.1) is 13.2 Å². The van der Waals surface area contributed by atoms with Crippen LogP contribution < -0.4 is 9.47 Å². The zero-order valence-corrected chi connectivity index (χ0v) is 10.8. The molecule has 0 bridgehead atoms. The number of methoxy groups -OCH3 is 1. The van der Waals surface area contributed by atoms with Crippen LogP contribution in [0.3, 0.4) is 0 Å². The Morgan fingerprint density at radius 2 is 1.11 bits per heavy atom. The summed E-state index contributed by atoms with van der Waals surface area (Å²) in [5.74, 6) is 2.48. The van der Waals surface area contributed by atoms with Crippen molar-refractivity contribution in [1.29, 1.82) is 0 Å². The van der Waals surface area contributed by atoms with Crippen molar-refractivity contribution in [3.8, 4) is 17.2 Å². The fourth-order valence-corrected chi connectivity index (χ4v) is 1.39. The van der Waals surface area contributed by atoms with Crippen molar-refractivity contribution < 1.29 is 9.47 Å². The Morgan fingerprint density at radius 1 is 0.722 bits per heavy atom. The molecule has 0 amide bonds. The zero-order valence-electron chi connectivity index (χ0n) is 10.8. The molecule has 2 heteroatoms. The Balaban J connectivity index is 0.000000771. The number of aryl methyl sites for hydroxylation is 1. The molecule has 2 rings (SSSR count). The van der Waals surface area contributed by atoms with Gasteiger partial charge in [-0.2, -0.15) is 0 Å². The number of hydrogen-bond acceptors (Lipinski definition) is 2. The van der Waals surface area contributed by atoms with Gasteiger partial charge in [0, 0.05) is 0 Å². The first-order valence-electron chi connectivity index (χ1n) is 5.66. The van der Waals surface area contributed by atoms with Gasteiger partial charge in [-0.05, 0) is 43.3 Å². The van der Waals surface area contributed by atoms with E-state index < -0.39 is 0 Å². The second-order valence-corrected chi connectivity index (χ2v) is 3.59. The van der Waals surface area contributed by atoms with Crippen molar-refractivity contribution in [3.05, 3.63) is 67.3 Å². The predicted molar refractivity (Wildman–Crippen MR) is 75.5 cm³/mol. The minimum atomic E-state index is 0.810. The third kappa shape index (κ3) is 3.98. The van der Waals surface area contributed by atoms with Crippen LogP contribution in [0.1, 0.15) is 5.56 Å². The van der Waals surface area contributed by atoms with Gasteiger partial charge in [0.1, 0.15) is 17.2 Å². The summed E-state index contributed by atoms with van der Waals surface area (Å²) in [6.45, 7) is 8.05. The number of rotatable bonds is 3. The van der Waals surface area contributed by atoms with Crippen molar-refractivity contribution in [2.45, 2.75) is 6.92 Å². The molecule has 0 saturated heterocycles. The summed E-state index contributed by atoms with van der Waals surface area (Å²) in [4.78, 5) is 0. The molecule has 0 aliphatic heterocycles. The second kappa shape index (κ2) is 7.17. The number of ether oxygens (including phenoxy) is 2. The van der Waals surface area contributed by atoms with Crippen molar-refractivity contribution in [3.63, 3.8) is 0 Å². The Morgan fingerprint density at radius 3 is 1.56 bits per heavy atom. The average molecular weight is 242 g/mol. The fraction of sp³-hybridized carbons (Fsp3) is 0.125. The molecule has 94 valence electrons. The van der Waals surface area contributed by atoms with Crippen LogP contribution in [0.4, 0.5) is 0 Å². The first-order valence-corrected chi connectivity index (χ1v) is 5.66. The topological polar surface area (TPSA) is 18.5 Å². The summed E-state index contributed by atoms with van der Waals surface area (Å²) < 4.78 is 10.8. The third-order valence-corrected chi connectivity index (χ3v) is 2.32. The lowest BCUT2D eigenvalue weighted by Gasteiger charge is -2.06. The van der Waals surface area contributed by atoms with Crippen LogP contribution in [0.5, 0.6) is 17.2 Å². The zero-order chi connectivity index (χ0) is 13.4. The molecule has 0 fully saturated rings. The van der Waals surface area contributed by atoms with E-state index in [1.54, 1.807) is 7.11 Å². The summed E-state index contributed by atoms with van der Waals surface area (Å²) in [6, 6.07) is 15.5. The monoisotopic (exact) mass is 242 g/mol. The quantitative estimate of drug-likeness (QED) is 0.732. The second-order valence-electron chi connectivity index (χ2n) is 3.59. The van der Waals surface area contributed by atoms with Gasteiger partial charge in [0.15, 0.2) is 0 Å². The van der Waals surface area contributed by atoms with E-state index in [4.69, 9.17) is 9.47 Å². The van der Waals surface area contributed by atoms with Crippen molar-refractivity contribution in [2.24, 2.45) is 0 Å². The molecule has 0 radical (unpaired) electrons. The first kappa shape index (κ1) is 13.8.